The Hall–Kier alpha value is -3.59. The molecule has 0 saturated heterocycles. The van der Waals surface area contributed by atoms with Crippen molar-refractivity contribution in [3.05, 3.63) is 77.0 Å². The summed E-state index contributed by atoms with van der Waals surface area (Å²) in [6.45, 7) is 1.91. The number of rotatable bonds is 6. The van der Waals surface area contributed by atoms with Gasteiger partial charge in [0.1, 0.15) is 29.1 Å². The largest absolute Gasteiger partial charge is 0.496 e. The van der Waals surface area contributed by atoms with E-state index in [2.05, 4.69) is 19.9 Å². The molecule has 3 aromatic heterocycles. The van der Waals surface area contributed by atoms with Crippen molar-refractivity contribution >= 4 is 11.6 Å². The van der Waals surface area contributed by atoms with Gasteiger partial charge in [-0.3, -0.25) is 4.98 Å². The van der Waals surface area contributed by atoms with Gasteiger partial charge in [0.15, 0.2) is 0 Å². The number of aromatic amines is 1. The zero-order valence-electron chi connectivity index (χ0n) is 17.6. The zero-order chi connectivity index (χ0) is 23.6. The van der Waals surface area contributed by atoms with Crippen LogP contribution in [0.15, 0.2) is 54.9 Å². The third kappa shape index (κ3) is 5.09. The maximum absolute atomic E-state index is 12.7. The van der Waals surface area contributed by atoms with Crippen molar-refractivity contribution in [3.63, 3.8) is 0 Å². The second-order valence-electron chi connectivity index (χ2n) is 7.12. The topological polar surface area (TPSA) is 72.9 Å². The molecule has 6 nitrogen and oxygen atoms in total. The first kappa shape index (κ1) is 22.6. The van der Waals surface area contributed by atoms with Gasteiger partial charge in [0.2, 0.25) is 0 Å². The highest BCUT2D eigenvalue weighted by Crippen LogP contribution is 2.35. The lowest BCUT2D eigenvalue weighted by atomic mass is 10.1. The number of nitrogens with zero attached hydrogens (tertiary/aromatic N) is 3. The predicted molar refractivity (Wildman–Crippen MR) is 117 cm³/mol. The van der Waals surface area contributed by atoms with Gasteiger partial charge < -0.3 is 14.5 Å². The lowest BCUT2D eigenvalue weighted by Crippen LogP contribution is -2.06. The molecule has 0 aliphatic rings. The molecule has 0 unspecified atom stereocenters. The number of H-pyrrole nitrogens is 1. The van der Waals surface area contributed by atoms with E-state index < -0.39 is 11.7 Å². The Bertz CT molecular complexity index is 1260. The fraction of sp³-hybridized carbons (Fsp3) is 0.174. The normalized spacial score (nSPS) is 11.5. The van der Waals surface area contributed by atoms with E-state index >= 15 is 0 Å². The summed E-state index contributed by atoms with van der Waals surface area (Å²) in [4.78, 5) is 15.8. The lowest BCUT2D eigenvalue weighted by Gasteiger charge is -2.12. The summed E-state index contributed by atoms with van der Waals surface area (Å²) >= 11 is 5.86. The molecule has 10 heteroatoms. The minimum Gasteiger partial charge on any atom is -0.496 e. The number of hydrogen-bond acceptors (Lipinski definition) is 5. The van der Waals surface area contributed by atoms with Crippen LogP contribution in [0.25, 0.3) is 22.6 Å². The van der Waals surface area contributed by atoms with Gasteiger partial charge in [-0.25, -0.2) is 9.97 Å². The van der Waals surface area contributed by atoms with Crippen molar-refractivity contribution in [2.75, 3.05) is 7.11 Å². The number of ether oxygens (including phenoxy) is 2. The Morgan fingerprint density at radius 1 is 1.03 bits per heavy atom. The van der Waals surface area contributed by atoms with Gasteiger partial charge in [-0.2, -0.15) is 13.2 Å². The van der Waals surface area contributed by atoms with E-state index in [0.29, 0.717) is 33.9 Å². The SMILES string of the molecule is COc1cc(OCc2ccc(C(F)(F)F)cn2)ccc1-c1nc(-c2ccc(Cl)nc2)[nH]c1C. The smallest absolute Gasteiger partial charge is 0.417 e. The molecule has 3 heterocycles. The van der Waals surface area contributed by atoms with E-state index in [-0.39, 0.29) is 6.61 Å². The highest BCUT2D eigenvalue weighted by molar-refractivity contribution is 6.29. The van der Waals surface area contributed by atoms with E-state index in [1.165, 1.54) is 13.2 Å². The number of methoxy groups -OCH3 is 1. The first-order valence-electron chi connectivity index (χ1n) is 9.76. The zero-order valence-corrected chi connectivity index (χ0v) is 18.3. The monoisotopic (exact) mass is 474 g/mol. The number of aromatic nitrogens is 4. The van der Waals surface area contributed by atoms with Crippen molar-refractivity contribution in [3.8, 4) is 34.1 Å². The number of aryl methyl sites for hydroxylation is 1. The van der Waals surface area contributed by atoms with Gasteiger partial charge in [-0.1, -0.05) is 11.6 Å². The molecule has 33 heavy (non-hydrogen) atoms. The van der Waals surface area contributed by atoms with Crippen LogP contribution in [0, 0.1) is 6.92 Å². The van der Waals surface area contributed by atoms with Gasteiger partial charge in [0.25, 0.3) is 0 Å². The lowest BCUT2D eigenvalue weighted by molar-refractivity contribution is -0.137. The van der Waals surface area contributed by atoms with Crippen molar-refractivity contribution in [1.29, 1.82) is 0 Å². The van der Waals surface area contributed by atoms with Crippen LogP contribution in [0.3, 0.4) is 0 Å². The van der Waals surface area contributed by atoms with Crippen LogP contribution in [0.5, 0.6) is 11.5 Å². The Balaban J connectivity index is 1.53. The Morgan fingerprint density at radius 3 is 2.48 bits per heavy atom. The molecule has 0 aliphatic carbocycles. The molecule has 0 fully saturated rings. The van der Waals surface area contributed by atoms with Crippen molar-refractivity contribution in [1.82, 2.24) is 19.9 Å². The van der Waals surface area contributed by atoms with E-state index in [4.69, 9.17) is 21.1 Å². The Kier molecular flexibility index (Phi) is 6.24. The maximum atomic E-state index is 12.7. The summed E-state index contributed by atoms with van der Waals surface area (Å²) in [6.07, 6.45) is -2.01. The van der Waals surface area contributed by atoms with E-state index in [1.54, 1.807) is 30.5 Å². The van der Waals surface area contributed by atoms with E-state index in [9.17, 15) is 13.2 Å². The molecule has 0 spiro atoms. The molecule has 0 bridgehead atoms. The fourth-order valence-corrected chi connectivity index (χ4v) is 3.28. The van der Waals surface area contributed by atoms with Crippen molar-refractivity contribution in [2.24, 2.45) is 0 Å². The van der Waals surface area contributed by atoms with Gasteiger partial charge in [0.05, 0.1) is 24.1 Å². The first-order chi connectivity index (χ1) is 15.7. The highest BCUT2D eigenvalue weighted by Gasteiger charge is 2.30. The molecule has 170 valence electrons. The quantitative estimate of drug-likeness (QED) is 0.342. The molecular weight excluding hydrogens is 457 g/mol. The van der Waals surface area contributed by atoms with Crippen LogP contribution < -0.4 is 9.47 Å². The summed E-state index contributed by atoms with van der Waals surface area (Å²) in [5, 5.41) is 0.394. The molecular formula is C23H18ClF3N4O2. The second kappa shape index (κ2) is 9.11. The van der Waals surface area contributed by atoms with E-state index in [1.807, 2.05) is 13.0 Å². The summed E-state index contributed by atoms with van der Waals surface area (Å²) in [5.41, 5.74) is 2.64. The summed E-state index contributed by atoms with van der Waals surface area (Å²) in [6, 6.07) is 11.0. The summed E-state index contributed by atoms with van der Waals surface area (Å²) in [7, 11) is 1.53. The van der Waals surface area contributed by atoms with E-state index in [0.717, 1.165) is 29.1 Å². The molecule has 0 amide bonds. The average Bonchev–Trinajstić information content (AvgIpc) is 3.19. The summed E-state index contributed by atoms with van der Waals surface area (Å²) in [5.74, 6) is 1.65. The number of halogens is 4. The molecule has 4 rings (SSSR count). The minimum atomic E-state index is -4.43. The van der Waals surface area contributed by atoms with Crippen LogP contribution in [-0.4, -0.2) is 27.0 Å². The molecule has 0 aliphatic heterocycles. The number of alkyl halides is 3. The third-order valence-corrected chi connectivity index (χ3v) is 5.08. The van der Waals surface area contributed by atoms with Crippen LogP contribution in [-0.2, 0) is 12.8 Å². The standard InChI is InChI=1S/C23H18ClF3N4O2/c1-13-21(31-22(30-13)14-3-8-20(24)29-10-14)18-7-6-17(9-19(18)32-2)33-12-16-5-4-15(11-28-16)23(25,26)27/h3-11H,12H2,1-2H3,(H,30,31). The summed E-state index contributed by atoms with van der Waals surface area (Å²) < 4.78 is 49.2. The number of benzene rings is 1. The molecule has 1 N–H and O–H groups in total. The van der Waals surface area contributed by atoms with Gasteiger partial charge >= 0.3 is 6.18 Å². The maximum Gasteiger partial charge on any atom is 0.417 e. The Labute approximate surface area is 192 Å². The van der Waals surface area contributed by atoms with Crippen LogP contribution in [0.2, 0.25) is 5.15 Å². The highest BCUT2D eigenvalue weighted by atomic mass is 35.5. The third-order valence-electron chi connectivity index (χ3n) is 4.85. The van der Waals surface area contributed by atoms with Crippen LogP contribution in [0.4, 0.5) is 13.2 Å². The molecule has 0 saturated carbocycles. The van der Waals surface area contributed by atoms with Gasteiger partial charge in [0, 0.05) is 35.3 Å². The van der Waals surface area contributed by atoms with Crippen molar-refractivity contribution < 1.29 is 22.6 Å². The van der Waals surface area contributed by atoms with Crippen molar-refractivity contribution in [2.45, 2.75) is 19.7 Å². The number of pyridine rings is 2. The molecule has 4 aromatic rings. The molecule has 0 radical (unpaired) electrons. The number of imidazole rings is 1. The van der Waals surface area contributed by atoms with Crippen LogP contribution in [0.1, 0.15) is 17.0 Å². The minimum absolute atomic E-state index is 0.00971. The van der Waals surface area contributed by atoms with Gasteiger partial charge in [-0.15, -0.1) is 0 Å². The fourth-order valence-electron chi connectivity index (χ4n) is 3.17. The van der Waals surface area contributed by atoms with Crippen LogP contribution >= 0.6 is 11.6 Å². The first-order valence-corrected chi connectivity index (χ1v) is 10.1. The van der Waals surface area contributed by atoms with Gasteiger partial charge in [-0.05, 0) is 43.3 Å². The second-order valence-corrected chi connectivity index (χ2v) is 7.50. The average molecular weight is 475 g/mol. The molecule has 0 atom stereocenters. The number of hydrogen-bond donors (Lipinski definition) is 1. The number of nitrogens with one attached hydrogen (secondary N) is 1. The Morgan fingerprint density at radius 2 is 1.85 bits per heavy atom. The predicted octanol–water partition coefficient (Wildman–Crippen LogP) is 6.10. The molecule has 1 aromatic carbocycles.